The number of amides is 1. The van der Waals surface area contributed by atoms with Crippen molar-refractivity contribution in [2.45, 2.75) is 31.9 Å². The molecule has 6 nitrogen and oxygen atoms in total. The summed E-state index contributed by atoms with van der Waals surface area (Å²) in [4.78, 5) is 26.5. The third-order valence-corrected chi connectivity index (χ3v) is 4.74. The first-order valence-electron chi connectivity index (χ1n) is 7.37. The third kappa shape index (κ3) is 2.72. The van der Waals surface area contributed by atoms with Gasteiger partial charge in [0.25, 0.3) is 5.91 Å². The Balaban J connectivity index is 2.14. The summed E-state index contributed by atoms with van der Waals surface area (Å²) in [5, 5.41) is 0. The average Bonchev–Trinajstić information content (AvgIpc) is 3.01. The van der Waals surface area contributed by atoms with Crippen LogP contribution in [-0.4, -0.2) is 43.8 Å². The van der Waals surface area contributed by atoms with Gasteiger partial charge in [-0.1, -0.05) is 0 Å². The number of ether oxygens (including phenoxy) is 3. The van der Waals surface area contributed by atoms with Crippen LogP contribution in [0.25, 0.3) is 0 Å². The first-order chi connectivity index (χ1) is 10.8. The van der Waals surface area contributed by atoms with E-state index in [0.29, 0.717) is 34.7 Å². The minimum atomic E-state index is -0.970. The number of rotatable bonds is 2. The number of hydrogen-bond acceptors (Lipinski definition) is 5. The molecule has 0 saturated carbocycles. The molecule has 2 aliphatic rings. The lowest BCUT2D eigenvalue weighted by Crippen LogP contribution is -2.56. The monoisotopic (exact) mass is 383 g/mol. The minimum Gasteiger partial charge on any atom is -0.476 e. The van der Waals surface area contributed by atoms with E-state index in [1.807, 2.05) is 0 Å². The van der Waals surface area contributed by atoms with E-state index in [1.165, 1.54) is 7.11 Å². The zero-order chi connectivity index (χ0) is 16.8. The first-order valence-corrected chi connectivity index (χ1v) is 8.16. The zero-order valence-electron chi connectivity index (χ0n) is 13.2. The fraction of sp³-hybridized carbons (Fsp3) is 0.500. The van der Waals surface area contributed by atoms with Crippen molar-refractivity contribution in [2.75, 3.05) is 25.2 Å². The van der Waals surface area contributed by atoms with Gasteiger partial charge in [0.15, 0.2) is 5.60 Å². The number of anilines is 1. The Morgan fingerprint density at radius 3 is 2.78 bits per heavy atom. The lowest BCUT2D eigenvalue weighted by molar-refractivity contribution is -0.133. The summed E-state index contributed by atoms with van der Waals surface area (Å²) in [6.07, 6.45) is 0.755. The van der Waals surface area contributed by atoms with Gasteiger partial charge in [0, 0.05) is 11.1 Å². The van der Waals surface area contributed by atoms with E-state index in [4.69, 9.17) is 14.2 Å². The van der Waals surface area contributed by atoms with Gasteiger partial charge in [-0.2, -0.15) is 0 Å². The fourth-order valence-corrected chi connectivity index (χ4v) is 3.37. The molecule has 3 rings (SSSR count). The van der Waals surface area contributed by atoms with Crippen LogP contribution < -0.4 is 9.64 Å². The molecule has 0 aliphatic carbocycles. The van der Waals surface area contributed by atoms with Gasteiger partial charge in [0.1, 0.15) is 5.75 Å². The molecule has 7 heteroatoms. The van der Waals surface area contributed by atoms with E-state index < -0.39 is 11.6 Å². The van der Waals surface area contributed by atoms with Crippen LogP contribution in [0.15, 0.2) is 16.6 Å². The van der Waals surface area contributed by atoms with Crippen molar-refractivity contribution in [1.29, 1.82) is 0 Å². The van der Waals surface area contributed by atoms with Gasteiger partial charge < -0.3 is 14.2 Å². The summed E-state index contributed by atoms with van der Waals surface area (Å²) in [5.41, 5.74) is -0.0402. The predicted octanol–water partition coefficient (Wildman–Crippen LogP) is 2.53. The van der Waals surface area contributed by atoms with Gasteiger partial charge in [-0.3, -0.25) is 9.69 Å². The summed E-state index contributed by atoms with van der Waals surface area (Å²) < 4.78 is 16.6. The third-order valence-electron chi connectivity index (χ3n) is 4.08. The molecular formula is C16H18BrNO5. The molecule has 0 bridgehead atoms. The van der Waals surface area contributed by atoms with Crippen LogP contribution in [0.1, 0.15) is 30.6 Å². The highest BCUT2D eigenvalue weighted by molar-refractivity contribution is 9.10. The molecule has 0 radical (unpaired) electrons. The summed E-state index contributed by atoms with van der Waals surface area (Å²) in [7, 11) is 1.32. The molecule has 0 spiro atoms. The van der Waals surface area contributed by atoms with Crippen molar-refractivity contribution in [2.24, 2.45) is 0 Å². The number of fused-ring (bicyclic) bond motifs is 1. The Morgan fingerprint density at radius 2 is 2.17 bits per heavy atom. The van der Waals surface area contributed by atoms with Gasteiger partial charge in [-0.15, -0.1) is 0 Å². The highest BCUT2D eigenvalue weighted by Crippen LogP contribution is 2.43. The topological polar surface area (TPSA) is 65.1 Å². The number of nitrogens with zero attached hydrogens (tertiary/aromatic N) is 1. The number of hydrogen-bond donors (Lipinski definition) is 0. The summed E-state index contributed by atoms with van der Waals surface area (Å²) in [6, 6.07) is 3.28. The van der Waals surface area contributed by atoms with E-state index in [9.17, 15) is 9.59 Å². The molecule has 1 saturated heterocycles. The van der Waals surface area contributed by atoms with Gasteiger partial charge in [-0.05, 0) is 48.3 Å². The normalized spacial score (nSPS) is 22.5. The molecule has 124 valence electrons. The smallest absolute Gasteiger partial charge is 0.339 e. The van der Waals surface area contributed by atoms with Gasteiger partial charge in [0.05, 0.1) is 31.0 Å². The average molecular weight is 384 g/mol. The minimum absolute atomic E-state index is 0.0592. The second kappa shape index (κ2) is 5.79. The molecule has 1 fully saturated rings. The zero-order valence-corrected chi connectivity index (χ0v) is 14.8. The number of carbonyl (C=O) groups is 2. The van der Waals surface area contributed by atoms with Crippen molar-refractivity contribution in [3.8, 4) is 5.75 Å². The molecule has 2 heterocycles. The molecule has 1 amide bonds. The molecule has 1 atom stereocenters. The number of carbonyl (C=O) groups excluding carboxylic acids is 2. The van der Waals surface area contributed by atoms with Crippen molar-refractivity contribution >= 4 is 33.5 Å². The fourth-order valence-electron chi connectivity index (χ4n) is 2.89. The maximum absolute atomic E-state index is 12.8. The number of halogens is 1. The van der Waals surface area contributed by atoms with E-state index in [0.717, 1.165) is 6.42 Å². The summed E-state index contributed by atoms with van der Waals surface area (Å²) >= 11 is 3.36. The molecule has 1 aromatic carbocycles. The molecule has 1 unspecified atom stereocenters. The lowest BCUT2D eigenvalue weighted by Gasteiger charge is -2.41. The van der Waals surface area contributed by atoms with Crippen LogP contribution in [-0.2, 0) is 14.3 Å². The maximum atomic E-state index is 12.8. The largest absolute Gasteiger partial charge is 0.476 e. The Morgan fingerprint density at radius 1 is 1.43 bits per heavy atom. The van der Waals surface area contributed by atoms with Gasteiger partial charge in [0.2, 0.25) is 0 Å². The number of esters is 1. The van der Waals surface area contributed by atoms with Crippen LogP contribution in [0.2, 0.25) is 0 Å². The molecular weight excluding hydrogens is 366 g/mol. The summed E-state index contributed by atoms with van der Waals surface area (Å²) in [5.74, 6) is -0.0563. The van der Waals surface area contributed by atoms with Gasteiger partial charge >= 0.3 is 5.97 Å². The summed E-state index contributed by atoms with van der Waals surface area (Å²) in [6.45, 7) is 4.57. The van der Waals surface area contributed by atoms with Crippen LogP contribution >= 0.6 is 15.9 Å². The Bertz CT molecular complexity index is 667. The predicted molar refractivity (Wildman–Crippen MR) is 86.9 cm³/mol. The van der Waals surface area contributed by atoms with E-state index in [2.05, 4.69) is 15.9 Å². The lowest BCUT2D eigenvalue weighted by atomic mass is 10.00. The van der Waals surface area contributed by atoms with Crippen LogP contribution in [0.5, 0.6) is 5.75 Å². The van der Waals surface area contributed by atoms with E-state index in [1.54, 1.807) is 30.9 Å². The molecule has 23 heavy (non-hydrogen) atoms. The second-order valence-corrected chi connectivity index (χ2v) is 6.95. The Kier molecular flexibility index (Phi) is 4.10. The van der Waals surface area contributed by atoms with Crippen LogP contribution in [0, 0.1) is 0 Å². The highest BCUT2D eigenvalue weighted by Gasteiger charge is 2.45. The van der Waals surface area contributed by atoms with Crippen molar-refractivity contribution < 1.29 is 23.8 Å². The first kappa shape index (κ1) is 16.3. The molecule has 2 aliphatic heterocycles. The molecule has 1 aromatic rings. The van der Waals surface area contributed by atoms with E-state index in [-0.39, 0.29) is 11.9 Å². The highest BCUT2D eigenvalue weighted by atomic mass is 79.9. The SMILES string of the molecule is COC(=O)c1cc2c(cc1Br)OC(C)(C)C(=O)N2C1CCOC1. The quantitative estimate of drug-likeness (QED) is 0.734. The van der Waals surface area contributed by atoms with Gasteiger partial charge in [-0.25, -0.2) is 4.79 Å². The Hall–Kier alpha value is -1.60. The second-order valence-electron chi connectivity index (χ2n) is 6.10. The molecule has 0 aromatic heterocycles. The van der Waals surface area contributed by atoms with Crippen LogP contribution in [0.3, 0.4) is 0 Å². The van der Waals surface area contributed by atoms with Crippen LogP contribution in [0.4, 0.5) is 5.69 Å². The number of methoxy groups -OCH3 is 1. The van der Waals surface area contributed by atoms with E-state index >= 15 is 0 Å². The van der Waals surface area contributed by atoms with Crippen molar-refractivity contribution in [1.82, 2.24) is 0 Å². The maximum Gasteiger partial charge on any atom is 0.339 e. The standard InChI is InChI=1S/C16H18BrNO5/c1-16(2)15(20)18(9-4-5-22-8-9)12-6-10(14(19)21-3)11(17)7-13(12)23-16/h6-7,9H,4-5,8H2,1-3H3. The van der Waals surface area contributed by atoms with Crippen molar-refractivity contribution in [3.63, 3.8) is 0 Å². The molecule has 0 N–H and O–H groups in total. The van der Waals surface area contributed by atoms with Crippen molar-refractivity contribution in [3.05, 3.63) is 22.2 Å². The Labute approximate surface area is 142 Å². The number of benzene rings is 1.